The van der Waals surface area contributed by atoms with Gasteiger partial charge < -0.3 is 0 Å². The first-order chi connectivity index (χ1) is 8.44. The lowest BCUT2D eigenvalue weighted by Gasteiger charge is -2.11. The average molecular weight is 265 g/mol. The van der Waals surface area contributed by atoms with Crippen molar-refractivity contribution in [3.05, 3.63) is 35.9 Å². The Labute approximate surface area is 109 Å². The van der Waals surface area contributed by atoms with Crippen LogP contribution in [-0.2, 0) is 9.84 Å². The fraction of sp³-hybridized carbons (Fsp3) is 0.500. The van der Waals surface area contributed by atoms with Crippen LogP contribution in [0.15, 0.2) is 30.3 Å². The van der Waals surface area contributed by atoms with E-state index in [1.54, 1.807) is 12.1 Å². The third kappa shape index (κ3) is 4.89. The van der Waals surface area contributed by atoms with Crippen molar-refractivity contribution in [1.82, 2.24) is 0 Å². The van der Waals surface area contributed by atoms with E-state index in [-0.39, 0.29) is 11.5 Å². The lowest BCUT2D eigenvalue weighted by atomic mass is 10.0. The maximum absolute atomic E-state index is 11.9. The molecular weight excluding hydrogens is 246 g/mol. The average Bonchev–Trinajstić information content (AvgIpc) is 2.35. The van der Waals surface area contributed by atoms with Crippen LogP contribution in [0.4, 0.5) is 0 Å². The van der Waals surface area contributed by atoms with Gasteiger partial charge in [0.05, 0.1) is 23.5 Å². The van der Waals surface area contributed by atoms with Gasteiger partial charge >= 0.3 is 0 Å². The lowest BCUT2D eigenvalue weighted by Crippen LogP contribution is -2.18. The number of rotatable bonds is 6. The Bertz CT molecular complexity index is 500. The number of hydrogen-bond donors (Lipinski definition) is 0. The topological polar surface area (TPSA) is 57.9 Å². The summed E-state index contributed by atoms with van der Waals surface area (Å²) in [6.45, 7) is 3.99. The number of nitriles is 1. The zero-order valence-corrected chi connectivity index (χ0v) is 11.7. The molecule has 1 aromatic rings. The molecule has 0 aliphatic carbocycles. The molecule has 98 valence electrons. The summed E-state index contributed by atoms with van der Waals surface area (Å²) in [7, 11) is -3.16. The van der Waals surface area contributed by atoms with Crippen LogP contribution >= 0.6 is 0 Å². The minimum atomic E-state index is -3.16. The molecule has 0 fully saturated rings. The molecule has 1 rings (SSSR count). The Balaban J connectivity index is 2.73. The highest BCUT2D eigenvalue weighted by Crippen LogP contribution is 2.18. The number of sulfone groups is 1. The van der Waals surface area contributed by atoms with E-state index < -0.39 is 15.8 Å². The molecule has 1 atom stereocenters. The van der Waals surface area contributed by atoms with Gasteiger partial charge in [-0.25, -0.2) is 8.42 Å². The molecule has 0 bridgehead atoms. The van der Waals surface area contributed by atoms with Gasteiger partial charge in [-0.3, -0.25) is 0 Å². The quantitative estimate of drug-likeness (QED) is 0.794. The SMILES string of the molecule is CC(C)CCS(=O)(=O)CC(C#N)c1ccccc1. The van der Waals surface area contributed by atoms with Crippen molar-refractivity contribution < 1.29 is 8.42 Å². The summed E-state index contributed by atoms with van der Waals surface area (Å²) in [4.78, 5) is 0. The molecule has 1 unspecified atom stereocenters. The molecule has 0 aromatic heterocycles. The molecule has 0 aliphatic heterocycles. The fourth-order valence-corrected chi connectivity index (χ4v) is 3.42. The second-order valence-electron chi connectivity index (χ2n) is 4.89. The maximum Gasteiger partial charge on any atom is 0.151 e. The van der Waals surface area contributed by atoms with Crippen LogP contribution in [0.3, 0.4) is 0 Å². The van der Waals surface area contributed by atoms with E-state index in [1.807, 2.05) is 32.0 Å². The van der Waals surface area contributed by atoms with Crippen molar-refractivity contribution in [3.8, 4) is 6.07 Å². The first-order valence-corrected chi connectivity index (χ1v) is 7.91. The van der Waals surface area contributed by atoms with Gasteiger partial charge in [-0.2, -0.15) is 5.26 Å². The Hall–Kier alpha value is -1.34. The van der Waals surface area contributed by atoms with E-state index in [0.717, 1.165) is 5.56 Å². The predicted octanol–water partition coefficient (Wildman–Crippen LogP) is 2.75. The normalized spacial score (nSPS) is 13.2. The molecule has 4 heteroatoms. The van der Waals surface area contributed by atoms with Crippen LogP contribution < -0.4 is 0 Å². The van der Waals surface area contributed by atoms with Crippen LogP contribution in [-0.4, -0.2) is 19.9 Å². The van der Waals surface area contributed by atoms with Crippen molar-refractivity contribution >= 4 is 9.84 Å². The Morgan fingerprint density at radius 2 is 1.83 bits per heavy atom. The molecule has 1 aromatic carbocycles. The van der Waals surface area contributed by atoms with Crippen LogP contribution in [0, 0.1) is 17.2 Å². The van der Waals surface area contributed by atoms with Gasteiger partial charge in [-0.15, -0.1) is 0 Å². The van der Waals surface area contributed by atoms with Gasteiger partial charge in [0, 0.05) is 0 Å². The van der Waals surface area contributed by atoms with Crippen molar-refractivity contribution in [1.29, 1.82) is 5.26 Å². The second-order valence-corrected chi connectivity index (χ2v) is 7.12. The maximum atomic E-state index is 11.9. The summed E-state index contributed by atoms with van der Waals surface area (Å²) < 4.78 is 23.9. The Morgan fingerprint density at radius 1 is 1.22 bits per heavy atom. The molecule has 0 spiro atoms. The summed E-state index contributed by atoms with van der Waals surface area (Å²) in [5, 5.41) is 9.11. The van der Waals surface area contributed by atoms with Crippen LogP contribution in [0.5, 0.6) is 0 Å². The minimum absolute atomic E-state index is 0.0831. The van der Waals surface area contributed by atoms with Crippen molar-refractivity contribution in [3.63, 3.8) is 0 Å². The van der Waals surface area contributed by atoms with Gasteiger partial charge in [0.15, 0.2) is 9.84 Å². The largest absolute Gasteiger partial charge is 0.229 e. The van der Waals surface area contributed by atoms with Crippen molar-refractivity contribution in [2.24, 2.45) is 5.92 Å². The highest BCUT2D eigenvalue weighted by Gasteiger charge is 2.20. The van der Waals surface area contributed by atoms with E-state index in [9.17, 15) is 8.42 Å². The molecule has 0 radical (unpaired) electrons. The smallest absolute Gasteiger partial charge is 0.151 e. The zero-order chi connectivity index (χ0) is 13.6. The Kier molecular flexibility index (Phi) is 5.36. The number of hydrogen-bond acceptors (Lipinski definition) is 3. The van der Waals surface area contributed by atoms with E-state index in [1.165, 1.54) is 0 Å². The van der Waals surface area contributed by atoms with Gasteiger partial charge in [-0.1, -0.05) is 44.2 Å². The first-order valence-electron chi connectivity index (χ1n) is 6.09. The van der Waals surface area contributed by atoms with E-state index >= 15 is 0 Å². The predicted molar refractivity (Wildman–Crippen MR) is 72.9 cm³/mol. The zero-order valence-electron chi connectivity index (χ0n) is 10.8. The van der Waals surface area contributed by atoms with Crippen molar-refractivity contribution in [2.75, 3.05) is 11.5 Å². The van der Waals surface area contributed by atoms with E-state index in [2.05, 4.69) is 6.07 Å². The van der Waals surface area contributed by atoms with Gasteiger partial charge in [-0.05, 0) is 17.9 Å². The molecule has 0 saturated heterocycles. The molecule has 0 amide bonds. The molecule has 18 heavy (non-hydrogen) atoms. The fourth-order valence-electron chi connectivity index (χ4n) is 1.65. The first kappa shape index (κ1) is 14.7. The second kappa shape index (κ2) is 6.55. The molecule has 3 nitrogen and oxygen atoms in total. The summed E-state index contributed by atoms with van der Waals surface area (Å²) >= 11 is 0. The third-order valence-electron chi connectivity index (χ3n) is 2.78. The standard InChI is InChI=1S/C14H19NO2S/c1-12(2)8-9-18(16,17)11-14(10-15)13-6-4-3-5-7-13/h3-7,12,14H,8-9,11H2,1-2H3. The van der Waals surface area contributed by atoms with Gasteiger partial charge in [0.1, 0.15) is 0 Å². The van der Waals surface area contributed by atoms with Crippen molar-refractivity contribution in [2.45, 2.75) is 26.2 Å². The van der Waals surface area contributed by atoms with Gasteiger partial charge in [0.25, 0.3) is 0 Å². The minimum Gasteiger partial charge on any atom is -0.229 e. The summed E-state index contributed by atoms with van der Waals surface area (Å²) in [6, 6.07) is 11.2. The number of benzene rings is 1. The summed E-state index contributed by atoms with van der Waals surface area (Å²) in [5.41, 5.74) is 0.771. The van der Waals surface area contributed by atoms with Crippen LogP contribution in [0.2, 0.25) is 0 Å². The third-order valence-corrected chi connectivity index (χ3v) is 4.48. The molecule has 0 aliphatic rings. The van der Waals surface area contributed by atoms with Crippen LogP contribution in [0.25, 0.3) is 0 Å². The van der Waals surface area contributed by atoms with Gasteiger partial charge in [0.2, 0.25) is 0 Å². The summed E-state index contributed by atoms with van der Waals surface area (Å²) in [5.74, 6) is -0.129. The highest BCUT2D eigenvalue weighted by atomic mass is 32.2. The van der Waals surface area contributed by atoms with Crippen LogP contribution in [0.1, 0.15) is 31.7 Å². The highest BCUT2D eigenvalue weighted by molar-refractivity contribution is 7.91. The molecule has 0 heterocycles. The summed E-state index contributed by atoms with van der Waals surface area (Å²) in [6.07, 6.45) is 0.648. The van der Waals surface area contributed by atoms with E-state index in [4.69, 9.17) is 5.26 Å². The van der Waals surface area contributed by atoms with E-state index in [0.29, 0.717) is 12.3 Å². The Morgan fingerprint density at radius 3 is 2.33 bits per heavy atom. The number of nitrogens with zero attached hydrogens (tertiary/aromatic N) is 1. The molecular formula is C14H19NO2S. The monoisotopic (exact) mass is 265 g/mol. The molecule has 0 N–H and O–H groups in total. The molecule has 0 saturated carbocycles. The lowest BCUT2D eigenvalue weighted by molar-refractivity contribution is 0.571.